The van der Waals surface area contributed by atoms with E-state index >= 15 is 0 Å². The van der Waals surface area contributed by atoms with Crippen molar-refractivity contribution >= 4 is 62.7 Å². The van der Waals surface area contributed by atoms with Crippen molar-refractivity contribution in [3.8, 4) is 0 Å². The Morgan fingerprint density at radius 1 is 1.10 bits per heavy atom. The molecular weight excluding hydrogens is 579 g/mol. The Hall–Kier alpha value is -3.74. The Bertz CT molecular complexity index is 1580. The first-order valence-electron chi connectivity index (χ1n) is 12.3. The van der Waals surface area contributed by atoms with Crippen LogP contribution in [0.15, 0.2) is 71.1 Å². The smallest absolute Gasteiger partial charge is 0.358 e. The molecule has 0 spiro atoms. The molecule has 1 unspecified atom stereocenters. The molecule has 2 aliphatic rings. The number of nitrogens with zero attached hydrogens (tertiary/aromatic N) is 5. The number of hydrogen-bond donors (Lipinski definition) is 1. The summed E-state index contributed by atoms with van der Waals surface area (Å²) in [6.07, 6.45) is 4.47. The SMILES string of the molecule is Cc1cc(Cl)ccc1N(C(=O)NCC1CC1)C(=O)C1CC(OS(=O)(=O)c2ccccn2)=NN1c1ncccc1Cl. The number of amides is 3. The van der Waals surface area contributed by atoms with Gasteiger partial charge in [0, 0.05) is 24.0 Å². The maximum Gasteiger partial charge on any atom is 0.358 e. The normalized spacial score (nSPS) is 16.8. The van der Waals surface area contributed by atoms with Crippen LogP contribution in [0.3, 0.4) is 0 Å². The van der Waals surface area contributed by atoms with Crippen molar-refractivity contribution in [2.45, 2.75) is 37.3 Å². The summed E-state index contributed by atoms with van der Waals surface area (Å²) in [5, 5.41) is 8.53. The first kappa shape index (κ1) is 27.8. The Morgan fingerprint density at radius 3 is 2.55 bits per heavy atom. The van der Waals surface area contributed by atoms with Crippen LogP contribution in [0.1, 0.15) is 24.8 Å². The third-order valence-electron chi connectivity index (χ3n) is 6.29. The molecule has 0 radical (unpaired) electrons. The van der Waals surface area contributed by atoms with Crippen LogP contribution >= 0.6 is 23.2 Å². The fourth-order valence-electron chi connectivity index (χ4n) is 4.11. The number of benzene rings is 1. The summed E-state index contributed by atoms with van der Waals surface area (Å²) in [6, 6.07) is 10.4. The predicted octanol–water partition coefficient (Wildman–Crippen LogP) is 4.54. The van der Waals surface area contributed by atoms with Crippen LogP contribution in [0.2, 0.25) is 10.0 Å². The molecule has 1 saturated carbocycles. The first-order chi connectivity index (χ1) is 19.1. The van der Waals surface area contributed by atoms with Gasteiger partial charge in [-0.05, 0) is 73.7 Å². The number of carbonyl (C=O) groups excluding carboxylic acids is 2. The average molecular weight is 603 g/mol. The van der Waals surface area contributed by atoms with E-state index in [4.69, 9.17) is 27.4 Å². The van der Waals surface area contributed by atoms with Gasteiger partial charge in [0.25, 0.3) is 5.91 Å². The molecule has 0 saturated heterocycles. The van der Waals surface area contributed by atoms with Crippen LogP contribution in [-0.2, 0) is 19.1 Å². The largest absolute Gasteiger partial charge is 0.360 e. The highest BCUT2D eigenvalue weighted by atomic mass is 35.5. The predicted molar refractivity (Wildman–Crippen MR) is 150 cm³/mol. The molecule has 3 amide bonds. The van der Waals surface area contributed by atoms with Gasteiger partial charge in [0.05, 0.1) is 17.1 Å². The maximum atomic E-state index is 14.2. The van der Waals surface area contributed by atoms with Crippen LogP contribution in [0.4, 0.5) is 16.3 Å². The molecule has 208 valence electrons. The number of hydrazone groups is 1. The number of carbonyl (C=O) groups is 2. The van der Waals surface area contributed by atoms with Gasteiger partial charge in [-0.25, -0.2) is 24.7 Å². The second-order valence-electron chi connectivity index (χ2n) is 9.31. The summed E-state index contributed by atoms with van der Waals surface area (Å²) >= 11 is 12.5. The molecule has 1 atom stereocenters. The molecule has 2 aromatic heterocycles. The van der Waals surface area contributed by atoms with Crippen molar-refractivity contribution in [1.29, 1.82) is 0 Å². The van der Waals surface area contributed by atoms with E-state index in [0.29, 0.717) is 28.7 Å². The molecule has 1 aliphatic carbocycles. The number of nitrogens with one attached hydrogen (secondary N) is 1. The van der Waals surface area contributed by atoms with Crippen molar-refractivity contribution in [3.63, 3.8) is 0 Å². The van der Waals surface area contributed by atoms with Crippen LogP contribution in [0.25, 0.3) is 0 Å². The Morgan fingerprint density at radius 2 is 1.88 bits per heavy atom. The van der Waals surface area contributed by atoms with Crippen LogP contribution in [-0.4, -0.2) is 48.8 Å². The lowest BCUT2D eigenvalue weighted by molar-refractivity contribution is -0.119. The monoisotopic (exact) mass is 602 g/mol. The first-order valence-corrected chi connectivity index (χ1v) is 14.5. The van der Waals surface area contributed by atoms with E-state index in [9.17, 15) is 18.0 Å². The number of aryl methyl sites for hydroxylation is 1. The minimum absolute atomic E-state index is 0.0857. The van der Waals surface area contributed by atoms with Crippen LogP contribution < -0.4 is 15.2 Å². The van der Waals surface area contributed by atoms with E-state index in [1.54, 1.807) is 43.3 Å². The lowest BCUT2D eigenvalue weighted by Gasteiger charge is -2.29. The fourth-order valence-corrected chi connectivity index (χ4v) is 5.42. The van der Waals surface area contributed by atoms with Crippen LogP contribution in [0, 0.1) is 12.8 Å². The summed E-state index contributed by atoms with van der Waals surface area (Å²) in [7, 11) is -4.36. The third kappa shape index (κ3) is 6.03. The zero-order chi connectivity index (χ0) is 28.4. The van der Waals surface area contributed by atoms with E-state index in [0.717, 1.165) is 17.7 Å². The highest BCUT2D eigenvalue weighted by molar-refractivity contribution is 7.87. The van der Waals surface area contributed by atoms with Crippen molar-refractivity contribution in [1.82, 2.24) is 15.3 Å². The van der Waals surface area contributed by atoms with Crippen molar-refractivity contribution < 1.29 is 22.2 Å². The molecule has 1 N–H and O–H groups in total. The number of rotatable bonds is 7. The zero-order valence-corrected chi connectivity index (χ0v) is 23.5. The van der Waals surface area contributed by atoms with E-state index in [1.807, 2.05) is 0 Å². The number of halogens is 2. The van der Waals surface area contributed by atoms with Crippen molar-refractivity contribution in [3.05, 3.63) is 76.5 Å². The molecule has 11 nitrogen and oxygen atoms in total. The minimum atomic E-state index is -4.36. The lowest BCUT2D eigenvalue weighted by Crippen LogP contribution is -2.52. The Kier molecular flexibility index (Phi) is 7.92. The molecule has 1 aromatic carbocycles. The number of pyridine rings is 2. The van der Waals surface area contributed by atoms with Gasteiger partial charge in [-0.1, -0.05) is 29.3 Å². The van der Waals surface area contributed by atoms with E-state index in [1.165, 1.54) is 29.5 Å². The Labute approximate surface area is 240 Å². The lowest BCUT2D eigenvalue weighted by atomic mass is 10.1. The van der Waals surface area contributed by atoms with Gasteiger partial charge >= 0.3 is 16.1 Å². The van der Waals surface area contributed by atoms with Gasteiger partial charge in [0.2, 0.25) is 5.90 Å². The molecular formula is C26H24Cl2N6O5S. The second kappa shape index (κ2) is 11.4. The summed E-state index contributed by atoms with van der Waals surface area (Å²) in [5.74, 6) is -0.542. The summed E-state index contributed by atoms with van der Waals surface area (Å²) in [5.41, 5.74) is 0.892. The average Bonchev–Trinajstić information content (AvgIpc) is 3.67. The molecule has 1 aliphatic heterocycles. The van der Waals surface area contributed by atoms with Crippen molar-refractivity contribution in [2.75, 3.05) is 16.5 Å². The van der Waals surface area contributed by atoms with E-state index < -0.39 is 28.1 Å². The topological polar surface area (TPSA) is 134 Å². The van der Waals surface area contributed by atoms with E-state index in [2.05, 4.69) is 20.4 Å². The van der Waals surface area contributed by atoms with Gasteiger partial charge in [0.1, 0.15) is 6.04 Å². The number of hydrogen-bond acceptors (Lipinski definition) is 9. The van der Waals surface area contributed by atoms with E-state index in [-0.39, 0.29) is 28.2 Å². The molecule has 1 fully saturated rings. The summed E-state index contributed by atoms with van der Waals surface area (Å²) in [4.78, 5) is 36.7. The molecule has 3 heterocycles. The van der Waals surface area contributed by atoms with Gasteiger partial charge < -0.3 is 9.50 Å². The number of aromatic nitrogens is 2. The number of urea groups is 1. The maximum absolute atomic E-state index is 14.2. The fraction of sp³-hybridized carbons (Fsp3) is 0.269. The summed E-state index contributed by atoms with van der Waals surface area (Å²) < 4.78 is 31.0. The molecule has 3 aromatic rings. The number of anilines is 2. The van der Waals surface area contributed by atoms with Gasteiger partial charge in [0.15, 0.2) is 10.8 Å². The zero-order valence-electron chi connectivity index (χ0n) is 21.2. The molecule has 40 heavy (non-hydrogen) atoms. The Balaban J connectivity index is 1.51. The van der Waals surface area contributed by atoms with Gasteiger partial charge in [-0.2, -0.15) is 8.42 Å². The minimum Gasteiger partial charge on any atom is -0.360 e. The number of imide groups is 1. The quantitative estimate of drug-likeness (QED) is 0.389. The van der Waals surface area contributed by atoms with Gasteiger partial charge in [-0.3, -0.25) is 4.79 Å². The standard InChI is InChI=1S/C26H24Cl2N6O5S/c1-16-13-18(27)9-10-20(16)33(26(36)31-15-17-7-8-17)25(35)21-14-22(32-34(21)24-19(28)5-4-12-30-24)39-40(37,38)23-6-2-3-11-29-23/h2-6,9-13,17,21H,7-8,14-15H2,1H3,(H,31,36). The third-order valence-corrected chi connectivity index (χ3v) is 7.98. The summed E-state index contributed by atoms with van der Waals surface area (Å²) in [6.45, 7) is 2.14. The second-order valence-corrected chi connectivity index (χ2v) is 11.6. The molecule has 14 heteroatoms. The highest BCUT2D eigenvalue weighted by Gasteiger charge is 2.43. The van der Waals surface area contributed by atoms with Crippen molar-refractivity contribution in [2.24, 2.45) is 11.0 Å². The van der Waals surface area contributed by atoms with Crippen LogP contribution in [0.5, 0.6) is 0 Å². The highest BCUT2D eigenvalue weighted by Crippen LogP contribution is 2.33. The van der Waals surface area contributed by atoms with Gasteiger partial charge in [-0.15, -0.1) is 5.10 Å². The molecule has 0 bridgehead atoms. The molecule has 5 rings (SSSR count).